The van der Waals surface area contributed by atoms with Crippen molar-refractivity contribution >= 4 is 6.16 Å². The summed E-state index contributed by atoms with van der Waals surface area (Å²) in [5.41, 5.74) is 0. The maximum atomic E-state index is 10.2. The molecule has 0 saturated heterocycles. The SMILES string of the molecule is CCC#C[CH]OC(=O)OC. The predicted molar refractivity (Wildman–Crippen MR) is 35.9 cm³/mol. The van der Waals surface area contributed by atoms with Crippen molar-refractivity contribution < 1.29 is 14.3 Å². The second-order valence-electron chi connectivity index (χ2n) is 1.36. The highest BCUT2D eigenvalue weighted by atomic mass is 16.7. The summed E-state index contributed by atoms with van der Waals surface area (Å²) >= 11 is 0. The van der Waals surface area contributed by atoms with Crippen LogP contribution in [0.15, 0.2) is 0 Å². The van der Waals surface area contributed by atoms with Gasteiger partial charge < -0.3 is 9.47 Å². The molecular weight excluding hydrogens is 132 g/mol. The van der Waals surface area contributed by atoms with Crippen molar-refractivity contribution in [2.45, 2.75) is 13.3 Å². The minimum absolute atomic E-state index is 0.737. The molecule has 0 aliphatic rings. The van der Waals surface area contributed by atoms with Gasteiger partial charge in [0.25, 0.3) is 0 Å². The van der Waals surface area contributed by atoms with E-state index >= 15 is 0 Å². The Morgan fingerprint density at radius 2 is 2.40 bits per heavy atom. The molecule has 55 valence electrons. The van der Waals surface area contributed by atoms with E-state index < -0.39 is 6.16 Å². The molecule has 3 heteroatoms. The molecule has 0 spiro atoms. The van der Waals surface area contributed by atoms with Crippen molar-refractivity contribution in [1.29, 1.82) is 0 Å². The first-order valence-corrected chi connectivity index (χ1v) is 2.86. The van der Waals surface area contributed by atoms with Crippen LogP contribution in [0.2, 0.25) is 0 Å². The Bertz CT molecular complexity index is 152. The molecule has 0 atom stereocenters. The molecule has 0 aliphatic heterocycles. The van der Waals surface area contributed by atoms with E-state index in [0.29, 0.717) is 0 Å². The number of methoxy groups -OCH3 is 1. The quantitative estimate of drug-likeness (QED) is 0.408. The smallest absolute Gasteiger partial charge is 0.438 e. The van der Waals surface area contributed by atoms with Crippen molar-refractivity contribution in [2.75, 3.05) is 7.11 Å². The largest absolute Gasteiger partial charge is 0.509 e. The minimum Gasteiger partial charge on any atom is -0.438 e. The molecule has 10 heavy (non-hydrogen) atoms. The van der Waals surface area contributed by atoms with Crippen molar-refractivity contribution in [1.82, 2.24) is 0 Å². The Hall–Kier alpha value is -1.17. The van der Waals surface area contributed by atoms with Crippen molar-refractivity contribution in [3.63, 3.8) is 0 Å². The van der Waals surface area contributed by atoms with Crippen LogP contribution in [-0.2, 0) is 9.47 Å². The second-order valence-corrected chi connectivity index (χ2v) is 1.36. The molecule has 0 aromatic rings. The standard InChI is InChI=1S/C7H9O3/c1-3-4-5-6-10-7(8)9-2/h6H,3H2,1-2H3. The number of hydrogen-bond donors (Lipinski definition) is 0. The van der Waals surface area contributed by atoms with E-state index in [0.717, 1.165) is 13.0 Å². The van der Waals surface area contributed by atoms with Gasteiger partial charge in [-0.15, -0.1) is 0 Å². The van der Waals surface area contributed by atoms with Gasteiger partial charge in [0.2, 0.25) is 6.61 Å². The van der Waals surface area contributed by atoms with Crippen LogP contribution in [0.3, 0.4) is 0 Å². The maximum Gasteiger partial charge on any atom is 0.509 e. The summed E-state index contributed by atoms with van der Waals surface area (Å²) in [6.45, 7) is 3.01. The van der Waals surface area contributed by atoms with Gasteiger partial charge in [-0.3, -0.25) is 0 Å². The third-order valence-corrected chi connectivity index (χ3v) is 0.660. The van der Waals surface area contributed by atoms with E-state index in [4.69, 9.17) is 0 Å². The Balaban J connectivity index is 3.27. The van der Waals surface area contributed by atoms with Gasteiger partial charge in [-0.2, -0.15) is 0 Å². The van der Waals surface area contributed by atoms with Crippen LogP contribution in [0, 0.1) is 18.4 Å². The monoisotopic (exact) mass is 141 g/mol. The highest BCUT2D eigenvalue weighted by molar-refractivity contribution is 5.60. The van der Waals surface area contributed by atoms with E-state index in [1.165, 1.54) is 7.11 Å². The number of carbonyl (C=O) groups is 1. The van der Waals surface area contributed by atoms with E-state index in [-0.39, 0.29) is 0 Å². The van der Waals surface area contributed by atoms with Gasteiger partial charge >= 0.3 is 6.16 Å². The summed E-state index contributed by atoms with van der Waals surface area (Å²) in [4.78, 5) is 10.2. The summed E-state index contributed by atoms with van der Waals surface area (Å²) in [5.74, 6) is 5.19. The zero-order valence-electron chi connectivity index (χ0n) is 6.01. The molecule has 0 unspecified atom stereocenters. The molecule has 0 aromatic carbocycles. The van der Waals surface area contributed by atoms with Crippen LogP contribution in [-0.4, -0.2) is 13.3 Å². The van der Waals surface area contributed by atoms with E-state index in [1.54, 1.807) is 0 Å². The van der Waals surface area contributed by atoms with Crippen LogP contribution in [0.5, 0.6) is 0 Å². The predicted octanol–water partition coefficient (Wildman–Crippen LogP) is 1.34. The summed E-state index contributed by atoms with van der Waals surface area (Å²) < 4.78 is 8.50. The van der Waals surface area contributed by atoms with Crippen LogP contribution < -0.4 is 0 Å². The number of ether oxygens (including phenoxy) is 2. The molecule has 0 heterocycles. The Labute approximate surface area is 60.3 Å². The molecule has 3 nitrogen and oxygen atoms in total. The lowest BCUT2D eigenvalue weighted by Gasteiger charge is -1.93. The molecule has 0 fully saturated rings. The lowest BCUT2D eigenvalue weighted by atomic mass is 10.5. The second kappa shape index (κ2) is 5.96. The third kappa shape index (κ3) is 4.98. The van der Waals surface area contributed by atoms with Gasteiger partial charge in [0, 0.05) is 6.42 Å². The molecule has 0 saturated carbocycles. The average molecular weight is 141 g/mol. The van der Waals surface area contributed by atoms with Crippen LogP contribution >= 0.6 is 0 Å². The van der Waals surface area contributed by atoms with Gasteiger partial charge in [0.1, 0.15) is 0 Å². The van der Waals surface area contributed by atoms with E-state index in [1.807, 2.05) is 6.92 Å². The summed E-state index contributed by atoms with van der Waals surface area (Å²) in [7, 11) is 1.24. The molecule has 1 radical (unpaired) electrons. The topological polar surface area (TPSA) is 35.5 Å². The van der Waals surface area contributed by atoms with E-state index in [9.17, 15) is 4.79 Å². The molecule has 0 bridgehead atoms. The summed E-state index contributed by atoms with van der Waals surface area (Å²) in [6.07, 6.45) is -0.00786. The average Bonchev–Trinajstić information content (AvgIpc) is 1.98. The fourth-order valence-corrected chi connectivity index (χ4v) is 0.269. The number of hydrogen-bond acceptors (Lipinski definition) is 3. The minimum atomic E-state index is -0.745. The normalized spacial score (nSPS) is 7.40. The zero-order valence-corrected chi connectivity index (χ0v) is 6.01. The Morgan fingerprint density at radius 1 is 1.70 bits per heavy atom. The van der Waals surface area contributed by atoms with Gasteiger partial charge in [-0.1, -0.05) is 18.8 Å². The molecule has 0 aromatic heterocycles. The third-order valence-electron chi connectivity index (χ3n) is 0.660. The number of rotatable bonds is 1. The first-order valence-electron chi connectivity index (χ1n) is 2.86. The Morgan fingerprint density at radius 3 is 2.90 bits per heavy atom. The van der Waals surface area contributed by atoms with Crippen molar-refractivity contribution in [3.8, 4) is 11.8 Å². The van der Waals surface area contributed by atoms with Gasteiger partial charge in [-0.05, 0) is 0 Å². The number of carbonyl (C=O) groups excluding carboxylic acids is 1. The first kappa shape index (κ1) is 8.83. The van der Waals surface area contributed by atoms with Gasteiger partial charge in [-0.25, -0.2) is 4.79 Å². The molecule has 0 rings (SSSR count). The van der Waals surface area contributed by atoms with Crippen molar-refractivity contribution in [3.05, 3.63) is 6.61 Å². The van der Waals surface area contributed by atoms with Crippen LogP contribution in [0.1, 0.15) is 13.3 Å². The van der Waals surface area contributed by atoms with E-state index in [2.05, 4.69) is 21.3 Å². The fourth-order valence-electron chi connectivity index (χ4n) is 0.269. The van der Waals surface area contributed by atoms with Crippen LogP contribution in [0.25, 0.3) is 0 Å². The van der Waals surface area contributed by atoms with Gasteiger partial charge in [0.05, 0.1) is 7.11 Å². The zero-order chi connectivity index (χ0) is 7.82. The van der Waals surface area contributed by atoms with Crippen molar-refractivity contribution in [2.24, 2.45) is 0 Å². The molecule has 0 amide bonds. The van der Waals surface area contributed by atoms with Gasteiger partial charge in [0.15, 0.2) is 0 Å². The molecule has 0 aliphatic carbocycles. The lowest BCUT2D eigenvalue weighted by Crippen LogP contribution is -2.00. The lowest BCUT2D eigenvalue weighted by molar-refractivity contribution is 0.0982. The molecule has 0 N–H and O–H groups in total. The fraction of sp³-hybridized carbons (Fsp3) is 0.429. The molecular formula is C7H9O3. The highest BCUT2D eigenvalue weighted by Crippen LogP contribution is 1.84. The maximum absolute atomic E-state index is 10.2. The highest BCUT2D eigenvalue weighted by Gasteiger charge is 1.95. The summed E-state index contributed by atoms with van der Waals surface area (Å²) in [5, 5.41) is 0. The first-order chi connectivity index (χ1) is 4.81. The Kier molecular flexibility index (Phi) is 5.26. The van der Waals surface area contributed by atoms with Crippen LogP contribution in [0.4, 0.5) is 4.79 Å². The summed E-state index contributed by atoms with van der Waals surface area (Å²) in [6, 6.07) is 0.